The van der Waals surface area contributed by atoms with E-state index in [2.05, 4.69) is 10.3 Å². The molecule has 3 heterocycles. The molecule has 0 saturated heterocycles. The molecular formula is C18H15N3O4S. The van der Waals surface area contributed by atoms with Gasteiger partial charge in [-0.3, -0.25) is 14.0 Å². The molecule has 5 rings (SSSR count). The SMILES string of the molecule is O=C(Nc1ccc2c(c1)OC1(CCCC1)O2)c1cnc2sccn2c1=O. The minimum atomic E-state index is -0.544. The number of amides is 1. The summed E-state index contributed by atoms with van der Waals surface area (Å²) in [7, 11) is 0. The first-order chi connectivity index (χ1) is 12.6. The molecule has 1 saturated carbocycles. The Hall–Kier alpha value is -2.87. The maximum atomic E-state index is 12.5. The van der Waals surface area contributed by atoms with Gasteiger partial charge in [-0.15, -0.1) is 11.3 Å². The average molecular weight is 369 g/mol. The third kappa shape index (κ3) is 2.37. The fourth-order valence-electron chi connectivity index (χ4n) is 3.47. The summed E-state index contributed by atoms with van der Waals surface area (Å²) >= 11 is 1.34. The van der Waals surface area contributed by atoms with Crippen LogP contribution >= 0.6 is 11.3 Å². The van der Waals surface area contributed by atoms with Gasteiger partial charge in [0.2, 0.25) is 0 Å². The van der Waals surface area contributed by atoms with Crippen LogP contribution in [0.5, 0.6) is 11.5 Å². The van der Waals surface area contributed by atoms with Crippen LogP contribution in [0.1, 0.15) is 36.0 Å². The number of hydrogen-bond donors (Lipinski definition) is 1. The summed E-state index contributed by atoms with van der Waals surface area (Å²) in [5, 5.41) is 4.49. The quantitative estimate of drug-likeness (QED) is 0.751. The van der Waals surface area contributed by atoms with Crippen LogP contribution in [0.15, 0.2) is 40.8 Å². The van der Waals surface area contributed by atoms with Crippen molar-refractivity contribution in [3.63, 3.8) is 0 Å². The Morgan fingerprint density at radius 3 is 2.88 bits per heavy atom. The molecule has 3 aromatic rings. The number of hydrogen-bond acceptors (Lipinski definition) is 6. The molecule has 132 valence electrons. The number of carbonyl (C=O) groups excluding carboxylic acids is 1. The van der Waals surface area contributed by atoms with Crippen molar-refractivity contribution in [2.24, 2.45) is 0 Å². The minimum Gasteiger partial charge on any atom is -0.448 e. The van der Waals surface area contributed by atoms with Gasteiger partial charge >= 0.3 is 0 Å². The van der Waals surface area contributed by atoms with Gasteiger partial charge in [-0.2, -0.15) is 0 Å². The minimum absolute atomic E-state index is 0.00849. The summed E-state index contributed by atoms with van der Waals surface area (Å²) in [6.45, 7) is 0. The Bertz CT molecular complexity index is 1080. The van der Waals surface area contributed by atoms with Crippen molar-refractivity contribution < 1.29 is 14.3 Å². The summed E-state index contributed by atoms with van der Waals surface area (Å²) in [5.74, 6) is 0.259. The van der Waals surface area contributed by atoms with Crippen molar-refractivity contribution in [3.8, 4) is 11.5 Å². The second-order valence-electron chi connectivity index (χ2n) is 6.47. The summed E-state index contributed by atoms with van der Waals surface area (Å²) < 4.78 is 13.3. The van der Waals surface area contributed by atoms with Gasteiger partial charge < -0.3 is 14.8 Å². The van der Waals surface area contributed by atoms with E-state index < -0.39 is 11.7 Å². The molecule has 0 atom stereocenters. The van der Waals surface area contributed by atoms with Crippen LogP contribution in [0, 0.1) is 0 Å². The van der Waals surface area contributed by atoms with E-state index in [1.54, 1.807) is 29.8 Å². The van der Waals surface area contributed by atoms with Crippen molar-refractivity contribution in [1.82, 2.24) is 9.38 Å². The Morgan fingerprint density at radius 2 is 2.04 bits per heavy atom. The molecule has 7 nitrogen and oxygen atoms in total. The van der Waals surface area contributed by atoms with Crippen LogP contribution in [0.2, 0.25) is 0 Å². The van der Waals surface area contributed by atoms with Crippen LogP contribution in [0.25, 0.3) is 4.96 Å². The molecule has 1 aliphatic heterocycles. The monoisotopic (exact) mass is 369 g/mol. The Kier molecular flexibility index (Phi) is 3.30. The predicted molar refractivity (Wildman–Crippen MR) is 96.2 cm³/mol. The van der Waals surface area contributed by atoms with E-state index in [0.29, 0.717) is 22.1 Å². The molecule has 1 aromatic carbocycles. The largest absolute Gasteiger partial charge is 0.448 e. The van der Waals surface area contributed by atoms with Crippen molar-refractivity contribution in [2.75, 3.05) is 5.32 Å². The highest BCUT2D eigenvalue weighted by Gasteiger charge is 2.44. The number of fused-ring (bicyclic) bond motifs is 2. The maximum absolute atomic E-state index is 12.5. The van der Waals surface area contributed by atoms with Crippen LogP contribution in [-0.4, -0.2) is 21.1 Å². The van der Waals surface area contributed by atoms with E-state index in [1.165, 1.54) is 21.9 Å². The molecule has 1 aliphatic carbocycles. The molecule has 0 unspecified atom stereocenters. The van der Waals surface area contributed by atoms with Gasteiger partial charge in [-0.05, 0) is 25.0 Å². The molecule has 2 aromatic heterocycles. The Labute approximate surface area is 152 Å². The lowest BCUT2D eigenvalue weighted by Gasteiger charge is -2.21. The molecule has 1 amide bonds. The van der Waals surface area contributed by atoms with Gasteiger partial charge in [0.05, 0.1) is 0 Å². The van der Waals surface area contributed by atoms with E-state index in [4.69, 9.17) is 9.47 Å². The lowest BCUT2D eigenvalue weighted by Crippen LogP contribution is -2.34. The number of ether oxygens (including phenoxy) is 2. The van der Waals surface area contributed by atoms with Gasteiger partial charge in [0.15, 0.2) is 16.5 Å². The number of thiazole rings is 1. The highest BCUT2D eigenvalue weighted by atomic mass is 32.1. The zero-order chi connectivity index (χ0) is 17.7. The third-order valence-electron chi connectivity index (χ3n) is 4.75. The molecular weight excluding hydrogens is 354 g/mol. The smallest absolute Gasteiger partial charge is 0.271 e. The second kappa shape index (κ2) is 5.57. The number of aromatic nitrogens is 2. The summed E-state index contributed by atoms with van der Waals surface area (Å²) in [6, 6.07) is 5.25. The average Bonchev–Trinajstić information content (AvgIpc) is 3.35. The molecule has 0 bridgehead atoms. The Morgan fingerprint density at radius 1 is 1.23 bits per heavy atom. The molecule has 0 radical (unpaired) electrons. The first-order valence-electron chi connectivity index (χ1n) is 8.42. The fourth-order valence-corrected chi connectivity index (χ4v) is 4.14. The predicted octanol–water partition coefficient (Wildman–Crippen LogP) is 3.05. The van der Waals surface area contributed by atoms with Crippen LogP contribution in [-0.2, 0) is 0 Å². The topological polar surface area (TPSA) is 81.9 Å². The fraction of sp³-hybridized carbons (Fsp3) is 0.278. The van der Waals surface area contributed by atoms with Crippen molar-refractivity contribution >= 4 is 27.9 Å². The van der Waals surface area contributed by atoms with Gasteiger partial charge in [0.1, 0.15) is 5.56 Å². The summed E-state index contributed by atoms with van der Waals surface area (Å²) in [5.41, 5.74) is 0.146. The molecule has 1 fully saturated rings. The first-order valence-corrected chi connectivity index (χ1v) is 9.30. The highest BCUT2D eigenvalue weighted by molar-refractivity contribution is 7.15. The van der Waals surface area contributed by atoms with E-state index in [-0.39, 0.29) is 11.1 Å². The van der Waals surface area contributed by atoms with Crippen molar-refractivity contribution in [2.45, 2.75) is 31.5 Å². The number of anilines is 1. The molecule has 8 heteroatoms. The lowest BCUT2D eigenvalue weighted by molar-refractivity contribution is -0.0716. The number of nitrogens with one attached hydrogen (secondary N) is 1. The first kappa shape index (κ1) is 15.4. The van der Waals surface area contributed by atoms with Crippen LogP contribution < -0.4 is 20.3 Å². The lowest BCUT2D eigenvalue weighted by atomic mass is 10.2. The standard InChI is InChI=1S/C18H15N3O4S/c22-15(12-10-19-17-21(16(12)23)7-8-26-17)20-11-3-4-13-14(9-11)25-18(24-13)5-1-2-6-18/h3-4,7-10H,1-2,5-6H2,(H,20,22). The Balaban J connectivity index is 1.41. The van der Waals surface area contributed by atoms with E-state index in [9.17, 15) is 9.59 Å². The zero-order valence-corrected chi connectivity index (χ0v) is 14.5. The molecule has 1 N–H and O–H groups in total. The van der Waals surface area contributed by atoms with Crippen LogP contribution in [0.4, 0.5) is 5.69 Å². The number of benzene rings is 1. The molecule has 1 spiro atoms. The van der Waals surface area contributed by atoms with Gasteiger partial charge in [0.25, 0.3) is 17.3 Å². The van der Waals surface area contributed by atoms with Gasteiger partial charge in [-0.25, -0.2) is 4.98 Å². The highest BCUT2D eigenvalue weighted by Crippen LogP contribution is 2.47. The van der Waals surface area contributed by atoms with E-state index in [0.717, 1.165) is 25.7 Å². The third-order valence-corrected chi connectivity index (χ3v) is 5.52. The van der Waals surface area contributed by atoms with Gasteiger partial charge in [-0.1, -0.05) is 0 Å². The molecule has 2 aliphatic rings. The van der Waals surface area contributed by atoms with Crippen molar-refractivity contribution in [3.05, 3.63) is 51.9 Å². The second-order valence-corrected chi connectivity index (χ2v) is 7.34. The van der Waals surface area contributed by atoms with E-state index in [1.807, 2.05) is 0 Å². The number of nitrogens with zero attached hydrogens (tertiary/aromatic N) is 2. The van der Waals surface area contributed by atoms with Crippen molar-refractivity contribution in [1.29, 1.82) is 0 Å². The number of carbonyl (C=O) groups is 1. The number of rotatable bonds is 2. The molecule has 26 heavy (non-hydrogen) atoms. The van der Waals surface area contributed by atoms with E-state index >= 15 is 0 Å². The summed E-state index contributed by atoms with van der Waals surface area (Å²) in [6.07, 6.45) is 6.82. The zero-order valence-electron chi connectivity index (χ0n) is 13.7. The maximum Gasteiger partial charge on any atom is 0.271 e. The van der Waals surface area contributed by atoms with Crippen LogP contribution in [0.3, 0.4) is 0 Å². The summed E-state index contributed by atoms with van der Waals surface area (Å²) in [4.78, 5) is 29.6. The van der Waals surface area contributed by atoms with Gasteiger partial charge in [0, 0.05) is 42.4 Å². The normalized spacial score (nSPS) is 17.1.